The van der Waals surface area contributed by atoms with E-state index in [9.17, 15) is 0 Å². The zero-order chi connectivity index (χ0) is 15.9. The van der Waals surface area contributed by atoms with E-state index in [1.165, 1.54) is 11.1 Å². The number of aromatic nitrogens is 2. The van der Waals surface area contributed by atoms with Crippen LogP contribution < -0.4 is 5.32 Å². The lowest BCUT2D eigenvalue weighted by Gasteiger charge is -2.12. The number of benzene rings is 2. The molecule has 0 amide bonds. The standard InChI is InChI=1S/C19H21N3O/c1-2-23-14-17-5-3-4-6-19(17)21-13-16-7-9-18(10-8-16)22-12-11-20-15-22/h3-12,15,21H,2,13-14H2,1H3. The highest BCUT2D eigenvalue weighted by atomic mass is 16.5. The van der Waals surface area contributed by atoms with Crippen molar-refractivity contribution in [3.05, 3.63) is 78.4 Å². The van der Waals surface area contributed by atoms with Crippen molar-refractivity contribution in [2.24, 2.45) is 0 Å². The molecule has 1 N–H and O–H groups in total. The van der Waals surface area contributed by atoms with Gasteiger partial charge in [0.25, 0.3) is 0 Å². The number of ether oxygens (including phenoxy) is 1. The van der Waals surface area contributed by atoms with Gasteiger partial charge in [0.1, 0.15) is 0 Å². The highest BCUT2D eigenvalue weighted by Crippen LogP contribution is 2.18. The van der Waals surface area contributed by atoms with Crippen molar-refractivity contribution >= 4 is 5.69 Å². The van der Waals surface area contributed by atoms with Crippen molar-refractivity contribution in [3.8, 4) is 5.69 Å². The molecule has 0 aliphatic rings. The summed E-state index contributed by atoms with van der Waals surface area (Å²) in [6.07, 6.45) is 5.53. The monoisotopic (exact) mass is 307 g/mol. The molecule has 23 heavy (non-hydrogen) atoms. The van der Waals surface area contributed by atoms with Gasteiger partial charge in [-0.15, -0.1) is 0 Å². The second-order valence-corrected chi connectivity index (χ2v) is 5.28. The third-order valence-electron chi connectivity index (χ3n) is 3.70. The molecule has 3 rings (SSSR count). The first kappa shape index (κ1) is 15.3. The number of hydrogen-bond donors (Lipinski definition) is 1. The quantitative estimate of drug-likeness (QED) is 0.716. The van der Waals surface area contributed by atoms with Crippen LogP contribution in [-0.4, -0.2) is 16.2 Å². The van der Waals surface area contributed by atoms with Crippen molar-refractivity contribution in [1.29, 1.82) is 0 Å². The number of hydrogen-bond acceptors (Lipinski definition) is 3. The highest BCUT2D eigenvalue weighted by Gasteiger charge is 2.02. The van der Waals surface area contributed by atoms with Gasteiger partial charge in [-0.3, -0.25) is 0 Å². The molecule has 0 spiro atoms. The minimum absolute atomic E-state index is 0.638. The van der Waals surface area contributed by atoms with Crippen LogP contribution >= 0.6 is 0 Å². The van der Waals surface area contributed by atoms with Crippen LogP contribution in [0.15, 0.2) is 67.3 Å². The number of imidazole rings is 1. The predicted octanol–water partition coefficient (Wildman–Crippen LogP) is 4.02. The van der Waals surface area contributed by atoms with E-state index in [2.05, 4.69) is 46.7 Å². The van der Waals surface area contributed by atoms with Crippen LogP contribution in [0.4, 0.5) is 5.69 Å². The number of rotatable bonds is 7. The van der Waals surface area contributed by atoms with Gasteiger partial charge in [-0.25, -0.2) is 4.98 Å². The molecule has 4 nitrogen and oxygen atoms in total. The lowest BCUT2D eigenvalue weighted by Crippen LogP contribution is -2.04. The normalized spacial score (nSPS) is 10.7. The predicted molar refractivity (Wildman–Crippen MR) is 92.7 cm³/mol. The average Bonchev–Trinajstić information content (AvgIpc) is 3.14. The first-order chi connectivity index (χ1) is 11.4. The minimum atomic E-state index is 0.638. The van der Waals surface area contributed by atoms with Gasteiger partial charge in [0.05, 0.1) is 12.9 Å². The zero-order valence-corrected chi connectivity index (χ0v) is 13.3. The Kier molecular flexibility index (Phi) is 5.06. The number of para-hydroxylation sites is 1. The second-order valence-electron chi connectivity index (χ2n) is 5.28. The summed E-state index contributed by atoms with van der Waals surface area (Å²) >= 11 is 0. The Morgan fingerprint density at radius 2 is 1.91 bits per heavy atom. The molecule has 0 saturated heterocycles. The van der Waals surface area contributed by atoms with Gasteiger partial charge in [-0.2, -0.15) is 0 Å². The number of nitrogens with zero attached hydrogens (tertiary/aromatic N) is 2. The molecule has 1 heterocycles. The Morgan fingerprint density at radius 3 is 2.65 bits per heavy atom. The van der Waals surface area contributed by atoms with E-state index < -0.39 is 0 Å². The summed E-state index contributed by atoms with van der Waals surface area (Å²) in [4.78, 5) is 4.07. The fourth-order valence-electron chi connectivity index (χ4n) is 2.43. The first-order valence-corrected chi connectivity index (χ1v) is 7.83. The Balaban J connectivity index is 1.64. The van der Waals surface area contributed by atoms with E-state index in [1.54, 1.807) is 12.5 Å². The van der Waals surface area contributed by atoms with Gasteiger partial charge in [0.15, 0.2) is 0 Å². The maximum atomic E-state index is 5.52. The Morgan fingerprint density at radius 1 is 1.09 bits per heavy atom. The van der Waals surface area contributed by atoms with Gasteiger partial charge in [0, 0.05) is 42.5 Å². The molecular formula is C19H21N3O. The molecule has 0 fully saturated rings. The van der Waals surface area contributed by atoms with E-state index >= 15 is 0 Å². The molecule has 0 unspecified atom stereocenters. The van der Waals surface area contributed by atoms with Crippen molar-refractivity contribution in [2.45, 2.75) is 20.1 Å². The fourth-order valence-corrected chi connectivity index (χ4v) is 2.43. The van der Waals surface area contributed by atoms with Crippen molar-refractivity contribution in [2.75, 3.05) is 11.9 Å². The third-order valence-corrected chi connectivity index (χ3v) is 3.70. The summed E-state index contributed by atoms with van der Waals surface area (Å²) in [5.74, 6) is 0. The van der Waals surface area contributed by atoms with Crippen LogP contribution in [0.1, 0.15) is 18.1 Å². The molecule has 1 aromatic heterocycles. The Bertz CT molecular complexity index is 721. The smallest absolute Gasteiger partial charge is 0.0991 e. The van der Waals surface area contributed by atoms with Crippen LogP contribution in [0, 0.1) is 0 Å². The molecule has 0 bridgehead atoms. The van der Waals surface area contributed by atoms with Crippen LogP contribution in [0.3, 0.4) is 0 Å². The first-order valence-electron chi connectivity index (χ1n) is 7.83. The largest absolute Gasteiger partial charge is 0.381 e. The molecule has 4 heteroatoms. The summed E-state index contributed by atoms with van der Waals surface area (Å²) in [7, 11) is 0. The maximum Gasteiger partial charge on any atom is 0.0991 e. The summed E-state index contributed by atoms with van der Waals surface area (Å²) in [5, 5.41) is 3.49. The molecule has 118 valence electrons. The molecular weight excluding hydrogens is 286 g/mol. The summed E-state index contributed by atoms with van der Waals surface area (Å²) in [6.45, 7) is 4.16. The van der Waals surface area contributed by atoms with E-state index in [0.717, 1.165) is 24.5 Å². The lowest BCUT2D eigenvalue weighted by atomic mass is 10.1. The average molecular weight is 307 g/mol. The lowest BCUT2D eigenvalue weighted by molar-refractivity contribution is 0.134. The topological polar surface area (TPSA) is 39.1 Å². The molecule has 0 aliphatic heterocycles. The Hall–Kier alpha value is -2.59. The summed E-state index contributed by atoms with van der Waals surface area (Å²) < 4.78 is 7.52. The minimum Gasteiger partial charge on any atom is -0.381 e. The summed E-state index contributed by atoms with van der Waals surface area (Å²) in [5.41, 5.74) is 4.66. The van der Waals surface area contributed by atoms with Gasteiger partial charge in [-0.1, -0.05) is 30.3 Å². The van der Waals surface area contributed by atoms with Crippen molar-refractivity contribution in [1.82, 2.24) is 9.55 Å². The van der Waals surface area contributed by atoms with Crippen LogP contribution in [0.2, 0.25) is 0 Å². The van der Waals surface area contributed by atoms with Crippen molar-refractivity contribution < 1.29 is 4.74 Å². The van der Waals surface area contributed by atoms with Crippen LogP contribution in [-0.2, 0) is 17.9 Å². The molecule has 0 saturated carbocycles. The maximum absolute atomic E-state index is 5.52. The third kappa shape index (κ3) is 3.99. The van der Waals surface area contributed by atoms with E-state index in [4.69, 9.17) is 4.74 Å². The molecule has 3 aromatic rings. The molecule has 2 aromatic carbocycles. The van der Waals surface area contributed by atoms with Gasteiger partial charge < -0.3 is 14.6 Å². The SMILES string of the molecule is CCOCc1ccccc1NCc1ccc(-n2ccnc2)cc1. The Labute approximate surface area is 136 Å². The second kappa shape index (κ2) is 7.61. The molecule has 0 atom stereocenters. The number of nitrogens with one attached hydrogen (secondary N) is 1. The fraction of sp³-hybridized carbons (Fsp3) is 0.211. The highest BCUT2D eigenvalue weighted by molar-refractivity contribution is 5.51. The van der Waals surface area contributed by atoms with E-state index in [-0.39, 0.29) is 0 Å². The van der Waals surface area contributed by atoms with Gasteiger partial charge in [-0.05, 0) is 30.7 Å². The number of anilines is 1. The van der Waals surface area contributed by atoms with E-state index in [0.29, 0.717) is 6.61 Å². The summed E-state index contributed by atoms with van der Waals surface area (Å²) in [6, 6.07) is 16.7. The van der Waals surface area contributed by atoms with Gasteiger partial charge in [0.2, 0.25) is 0 Å². The van der Waals surface area contributed by atoms with Crippen molar-refractivity contribution in [3.63, 3.8) is 0 Å². The van der Waals surface area contributed by atoms with E-state index in [1.807, 2.05) is 29.8 Å². The van der Waals surface area contributed by atoms with Crippen LogP contribution in [0.25, 0.3) is 5.69 Å². The zero-order valence-electron chi connectivity index (χ0n) is 13.3. The van der Waals surface area contributed by atoms with Gasteiger partial charge >= 0.3 is 0 Å². The molecule has 0 aliphatic carbocycles. The molecule has 0 radical (unpaired) electrons. The van der Waals surface area contributed by atoms with Crippen LogP contribution in [0.5, 0.6) is 0 Å².